The van der Waals surface area contributed by atoms with Crippen molar-refractivity contribution in [2.75, 3.05) is 19.7 Å². The van der Waals surface area contributed by atoms with Crippen LogP contribution in [0.25, 0.3) is 0 Å². The quantitative estimate of drug-likeness (QED) is 0.816. The lowest BCUT2D eigenvalue weighted by molar-refractivity contribution is -0.231. The number of rotatable bonds is 2. The maximum Gasteiger partial charge on any atom is 0.396 e. The Morgan fingerprint density at radius 3 is 2.47 bits per heavy atom. The van der Waals surface area contributed by atoms with E-state index in [2.05, 4.69) is 10.3 Å². The van der Waals surface area contributed by atoms with E-state index < -0.39 is 11.6 Å². The van der Waals surface area contributed by atoms with Crippen molar-refractivity contribution in [1.82, 2.24) is 5.32 Å². The highest BCUT2D eigenvalue weighted by molar-refractivity contribution is 5.74. The molecule has 2 aliphatic rings. The van der Waals surface area contributed by atoms with E-state index in [1.54, 1.807) is 0 Å². The molecule has 0 aromatic rings. The molecular weight excluding hydrogens is 233 g/mol. The van der Waals surface area contributed by atoms with Gasteiger partial charge >= 0.3 is 6.18 Å². The molecule has 1 fully saturated rings. The molecule has 3 nitrogen and oxygen atoms in total. The first-order valence-corrected chi connectivity index (χ1v) is 6.01. The molecule has 1 N–H and O–H groups in total. The number of hydrogen-bond acceptors (Lipinski definition) is 3. The third kappa shape index (κ3) is 2.66. The van der Waals surface area contributed by atoms with Gasteiger partial charge in [-0.2, -0.15) is 13.2 Å². The second kappa shape index (κ2) is 4.74. The normalized spacial score (nSPS) is 24.1. The van der Waals surface area contributed by atoms with Crippen LogP contribution in [0.5, 0.6) is 0 Å². The van der Waals surface area contributed by atoms with Crippen molar-refractivity contribution >= 4 is 6.02 Å². The van der Waals surface area contributed by atoms with Gasteiger partial charge in [0.15, 0.2) is 0 Å². The number of nitrogens with one attached hydrogen (secondary N) is 1. The molecule has 0 amide bonds. The summed E-state index contributed by atoms with van der Waals surface area (Å²) in [5.41, 5.74) is -1.60. The Bertz CT molecular complexity index is 296. The van der Waals surface area contributed by atoms with Crippen LogP contribution in [0.1, 0.15) is 32.1 Å². The zero-order valence-electron chi connectivity index (χ0n) is 9.65. The molecule has 1 aliphatic heterocycles. The van der Waals surface area contributed by atoms with E-state index in [1.807, 2.05) is 0 Å². The number of nitrogens with zero attached hydrogens (tertiary/aromatic N) is 1. The van der Waals surface area contributed by atoms with Crippen LogP contribution < -0.4 is 5.32 Å². The Kier molecular flexibility index (Phi) is 3.49. The second-order valence-electron chi connectivity index (χ2n) is 4.73. The number of ether oxygens (including phenoxy) is 1. The van der Waals surface area contributed by atoms with Crippen molar-refractivity contribution in [2.24, 2.45) is 10.4 Å². The first-order valence-electron chi connectivity index (χ1n) is 6.01. The predicted molar refractivity (Wildman–Crippen MR) is 57.8 cm³/mol. The maximum absolute atomic E-state index is 13.1. The Morgan fingerprint density at radius 1 is 1.24 bits per heavy atom. The summed E-state index contributed by atoms with van der Waals surface area (Å²) < 4.78 is 44.5. The lowest BCUT2D eigenvalue weighted by Crippen LogP contribution is -2.48. The van der Waals surface area contributed by atoms with Gasteiger partial charge in [-0.1, -0.05) is 19.3 Å². The van der Waals surface area contributed by atoms with E-state index in [1.165, 1.54) is 0 Å². The molecule has 1 aliphatic carbocycles. The summed E-state index contributed by atoms with van der Waals surface area (Å²) in [4.78, 5) is 3.95. The van der Waals surface area contributed by atoms with Crippen LogP contribution in [0.4, 0.5) is 13.2 Å². The average Bonchev–Trinajstić information content (AvgIpc) is 2.79. The first-order chi connectivity index (χ1) is 8.04. The molecular formula is C11H17F3N2O. The van der Waals surface area contributed by atoms with Gasteiger partial charge in [0.05, 0.1) is 12.0 Å². The van der Waals surface area contributed by atoms with Crippen LogP contribution in [0.15, 0.2) is 4.99 Å². The summed E-state index contributed by atoms with van der Waals surface area (Å²) in [6.45, 7) is 0.873. The van der Waals surface area contributed by atoms with Gasteiger partial charge in [-0.3, -0.25) is 0 Å². The van der Waals surface area contributed by atoms with Crippen LogP contribution >= 0.6 is 0 Å². The van der Waals surface area contributed by atoms with Crippen molar-refractivity contribution in [2.45, 2.75) is 38.3 Å². The lowest BCUT2D eigenvalue weighted by Gasteiger charge is -2.38. The van der Waals surface area contributed by atoms with Crippen molar-refractivity contribution in [1.29, 1.82) is 0 Å². The molecule has 0 bridgehead atoms. The number of amidine groups is 1. The largest absolute Gasteiger partial charge is 0.463 e. The fraction of sp³-hybridized carbons (Fsp3) is 0.909. The highest BCUT2D eigenvalue weighted by Crippen LogP contribution is 2.48. The van der Waals surface area contributed by atoms with E-state index in [4.69, 9.17) is 4.74 Å². The molecule has 6 heteroatoms. The summed E-state index contributed by atoms with van der Waals surface area (Å²) in [7, 11) is 0. The van der Waals surface area contributed by atoms with Gasteiger partial charge in [0, 0.05) is 6.54 Å². The SMILES string of the molecule is FC(F)(F)C1(CNC2=NCCO2)CCCCC1. The fourth-order valence-electron chi connectivity index (χ4n) is 2.48. The topological polar surface area (TPSA) is 33.6 Å². The number of alkyl halides is 3. The van der Waals surface area contributed by atoms with Gasteiger partial charge in [-0.25, -0.2) is 4.99 Å². The van der Waals surface area contributed by atoms with Crippen LogP contribution in [0.2, 0.25) is 0 Å². The van der Waals surface area contributed by atoms with E-state index in [0.717, 1.165) is 6.42 Å². The number of hydrogen-bond donors (Lipinski definition) is 1. The molecule has 1 saturated carbocycles. The van der Waals surface area contributed by atoms with Crippen molar-refractivity contribution in [3.63, 3.8) is 0 Å². The van der Waals surface area contributed by atoms with Gasteiger partial charge in [-0.05, 0) is 12.8 Å². The van der Waals surface area contributed by atoms with Crippen molar-refractivity contribution in [3.8, 4) is 0 Å². The number of aliphatic imine (C=N–C) groups is 1. The molecule has 2 rings (SSSR count). The Morgan fingerprint density at radius 2 is 1.94 bits per heavy atom. The first kappa shape index (κ1) is 12.5. The zero-order chi connectivity index (χ0) is 12.4. The average molecular weight is 250 g/mol. The number of halogens is 3. The zero-order valence-corrected chi connectivity index (χ0v) is 9.65. The van der Waals surface area contributed by atoms with Crippen LogP contribution in [0.3, 0.4) is 0 Å². The smallest absolute Gasteiger partial charge is 0.396 e. The lowest BCUT2D eigenvalue weighted by atomic mass is 9.73. The highest BCUT2D eigenvalue weighted by atomic mass is 19.4. The van der Waals surface area contributed by atoms with E-state index in [0.29, 0.717) is 26.0 Å². The summed E-state index contributed by atoms with van der Waals surface area (Å²) in [6.07, 6.45) is -1.55. The molecule has 0 atom stereocenters. The molecule has 0 spiro atoms. The van der Waals surface area contributed by atoms with Gasteiger partial charge in [0.1, 0.15) is 6.61 Å². The fourth-order valence-corrected chi connectivity index (χ4v) is 2.48. The van der Waals surface area contributed by atoms with Gasteiger partial charge in [0.25, 0.3) is 6.02 Å². The summed E-state index contributed by atoms with van der Waals surface area (Å²) in [5.74, 6) is 0. The molecule has 0 aromatic carbocycles. The Hall–Kier alpha value is -0.940. The Balaban J connectivity index is 2.00. The van der Waals surface area contributed by atoms with Gasteiger partial charge in [-0.15, -0.1) is 0 Å². The summed E-state index contributed by atoms with van der Waals surface area (Å²) >= 11 is 0. The Labute approximate surface area is 98.4 Å². The molecule has 0 radical (unpaired) electrons. The van der Waals surface area contributed by atoms with Gasteiger partial charge < -0.3 is 10.1 Å². The van der Waals surface area contributed by atoms with Crippen LogP contribution in [-0.2, 0) is 4.74 Å². The highest BCUT2D eigenvalue weighted by Gasteiger charge is 2.54. The van der Waals surface area contributed by atoms with Crippen molar-refractivity contribution < 1.29 is 17.9 Å². The molecule has 17 heavy (non-hydrogen) atoms. The summed E-state index contributed by atoms with van der Waals surface area (Å²) in [5, 5.41) is 2.71. The summed E-state index contributed by atoms with van der Waals surface area (Å²) in [6, 6.07) is 0.263. The molecule has 0 unspecified atom stereocenters. The van der Waals surface area contributed by atoms with Crippen molar-refractivity contribution in [3.05, 3.63) is 0 Å². The molecule has 98 valence electrons. The van der Waals surface area contributed by atoms with Crippen LogP contribution in [0, 0.1) is 5.41 Å². The molecule has 0 aromatic heterocycles. The minimum absolute atomic E-state index is 0.116. The minimum atomic E-state index is -4.15. The van der Waals surface area contributed by atoms with Gasteiger partial charge in [0.2, 0.25) is 0 Å². The molecule has 0 saturated heterocycles. The van der Waals surface area contributed by atoms with E-state index >= 15 is 0 Å². The predicted octanol–water partition coefficient (Wildman–Crippen LogP) is 2.48. The minimum Gasteiger partial charge on any atom is -0.463 e. The third-order valence-corrected chi connectivity index (χ3v) is 3.58. The second-order valence-corrected chi connectivity index (χ2v) is 4.73. The standard InChI is InChI=1S/C11H17F3N2O/c12-11(13,14)10(4-2-1-3-5-10)8-16-9-15-6-7-17-9/h1-8H2,(H,15,16). The van der Waals surface area contributed by atoms with E-state index in [9.17, 15) is 13.2 Å². The maximum atomic E-state index is 13.1. The monoisotopic (exact) mass is 250 g/mol. The third-order valence-electron chi connectivity index (χ3n) is 3.58. The van der Waals surface area contributed by atoms with E-state index in [-0.39, 0.29) is 25.4 Å². The molecule has 1 heterocycles. The van der Waals surface area contributed by atoms with Crippen LogP contribution in [-0.4, -0.2) is 31.9 Å².